The number of carbonyl (C=O) groups is 1. The van der Waals surface area contributed by atoms with Crippen LogP contribution in [0.3, 0.4) is 0 Å². The van der Waals surface area contributed by atoms with Crippen LogP contribution in [-0.2, 0) is 4.79 Å². The maximum atomic E-state index is 10.7. The fourth-order valence-corrected chi connectivity index (χ4v) is 1.50. The van der Waals surface area contributed by atoms with E-state index in [-0.39, 0.29) is 11.8 Å². The molecule has 0 aliphatic carbocycles. The second kappa shape index (κ2) is 7.79. The largest absolute Gasteiger partial charge is 0.303 e. The summed E-state index contributed by atoms with van der Waals surface area (Å²) in [5, 5.41) is 8.87. The molecule has 0 aliphatic heterocycles. The van der Waals surface area contributed by atoms with Crippen LogP contribution in [0.2, 0.25) is 0 Å². The fourth-order valence-electron chi connectivity index (χ4n) is 1.50. The Bertz CT molecular complexity index is 171. The third-order valence-corrected chi connectivity index (χ3v) is 2.35. The molecule has 0 saturated heterocycles. The third-order valence-electron chi connectivity index (χ3n) is 2.35. The van der Waals surface area contributed by atoms with E-state index in [9.17, 15) is 4.79 Å². The summed E-state index contributed by atoms with van der Waals surface area (Å²) in [7, 11) is 0. The van der Waals surface area contributed by atoms with E-state index in [4.69, 9.17) is 5.26 Å². The van der Waals surface area contributed by atoms with Gasteiger partial charge in [0.1, 0.15) is 6.29 Å². The van der Waals surface area contributed by atoms with Gasteiger partial charge in [-0.05, 0) is 12.8 Å². The standard InChI is InChI=1S/C11H19NO/c1-3-5-7-10(8-12)11(9-13)6-4-2/h9-11H,3-7H2,1-2H3. The molecule has 0 saturated carbocycles. The minimum atomic E-state index is -0.0580. The first-order chi connectivity index (χ1) is 6.29. The van der Waals surface area contributed by atoms with Crippen molar-refractivity contribution in [3.8, 4) is 6.07 Å². The summed E-state index contributed by atoms with van der Waals surface area (Å²) in [6, 6.07) is 2.24. The van der Waals surface area contributed by atoms with E-state index in [2.05, 4.69) is 13.0 Å². The summed E-state index contributed by atoms with van der Waals surface area (Å²) in [6.45, 7) is 4.15. The Morgan fingerprint density at radius 2 is 2.00 bits per heavy atom. The van der Waals surface area contributed by atoms with Crippen LogP contribution in [-0.4, -0.2) is 6.29 Å². The Labute approximate surface area is 80.9 Å². The molecule has 0 bridgehead atoms. The van der Waals surface area contributed by atoms with Gasteiger partial charge in [-0.1, -0.05) is 33.1 Å². The molecule has 0 N–H and O–H groups in total. The van der Waals surface area contributed by atoms with Crippen molar-refractivity contribution < 1.29 is 4.79 Å². The predicted molar refractivity (Wildman–Crippen MR) is 53.1 cm³/mol. The lowest BCUT2D eigenvalue weighted by Gasteiger charge is -2.14. The molecule has 0 radical (unpaired) electrons. The Morgan fingerprint density at radius 3 is 2.38 bits per heavy atom. The molecule has 0 aromatic rings. The fraction of sp³-hybridized carbons (Fsp3) is 0.818. The lowest BCUT2D eigenvalue weighted by Crippen LogP contribution is -2.14. The molecule has 2 unspecified atom stereocenters. The minimum absolute atomic E-state index is 0.0402. The van der Waals surface area contributed by atoms with Gasteiger partial charge in [0, 0.05) is 5.92 Å². The van der Waals surface area contributed by atoms with Gasteiger partial charge < -0.3 is 4.79 Å². The van der Waals surface area contributed by atoms with E-state index in [1.807, 2.05) is 6.92 Å². The molecule has 0 heterocycles. The maximum Gasteiger partial charge on any atom is 0.124 e. The highest BCUT2D eigenvalue weighted by Crippen LogP contribution is 2.20. The first-order valence-corrected chi connectivity index (χ1v) is 5.15. The Balaban J connectivity index is 4.02. The van der Waals surface area contributed by atoms with Crippen molar-refractivity contribution in [3.05, 3.63) is 0 Å². The van der Waals surface area contributed by atoms with Crippen LogP contribution < -0.4 is 0 Å². The summed E-state index contributed by atoms with van der Waals surface area (Å²) in [4.78, 5) is 10.7. The van der Waals surface area contributed by atoms with E-state index in [1.54, 1.807) is 0 Å². The van der Waals surface area contributed by atoms with Crippen molar-refractivity contribution in [1.82, 2.24) is 0 Å². The molecule has 0 fully saturated rings. The third kappa shape index (κ3) is 4.67. The van der Waals surface area contributed by atoms with E-state index in [1.165, 1.54) is 0 Å². The van der Waals surface area contributed by atoms with E-state index < -0.39 is 0 Å². The van der Waals surface area contributed by atoms with Crippen LogP contribution >= 0.6 is 0 Å². The van der Waals surface area contributed by atoms with Crippen molar-refractivity contribution in [2.75, 3.05) is 0 Å². The van der Waals surface area contributed by atoms with Gasteiger partial charge in [-0.2, -0.15) is 5.26 Å². The van der Waals surface area contributed by atoms with Gasteiger partial charge in [0.05, 0.1) is 12.0 Å². The van der Waals surface area contributed by atoms with Crippen LogP contribution in [0, 0.1) is 23.2 Å². The summed E-state index contributed by atoms with van der Waals surface area (Å²) in [6.07, 6.45) is 5.80. The summed E-state index contributed by atoms with van der Waals surface area (Å²) in [5.41, 5.74) is 0. The molecule has 2 heteroatoms. The number of carbonyl (C=O) groups excluding carboxylic acids is 1. The van der Waals surface area contributed by atoms with Crippen molar-refractivity contribution in [1.29, 1.82) is 5.26 Å². The molecule has 0 spiro atoms. The Hall–Kier alpha value is -0.840. The normalized spacial score (nSPS) is 14.5. The number of nitrogens with zero attached hydrogens (tertiary/aromatic N) is 1. The molecule has 0 rings (SSSR count). The molecule has 0 aliphatic rings. The minimum Gasteiger partial charge on any atom is -0.303 e. The SMILES string of the molecule is CCCCC(C#N)C(C=O)CCC. The smallest absolute Gasteiger partial charge is 0.124 e. The zero-order valence-corrected chi connectivity index (χ0v) is 8.62. The zero-order valence-electron chi connectivity index (χ0n) is 8.62. The van der Waals surface area contributed by atoms with Crippen LogP contribution in [0.4, 0.5) is 0 Å². The van der Waals surface area contributed by atoms with Gasteiger partial charge in [-0.3, -0.25) is 0 Å². The zero-order chi connectivity index (χ0) is 10.1. The van der Waals surface area contributed by atoms with Gasteiger partial charge in [0.25, 0.3) is 0 Å². The van der Waals surface area contributed by atoms with E-state index in [0.29, 0.717) is 0 Å². The lowest BCUT2D eigenvalue weighted by atomic mass is 9.87. The molecule has 2 atom stereocenters. The summed E-state index contributed by atoms with van der Waals surface area (Å²) < 4.78 is 0. The molecule has 0 amide bonds. The second-order valence-corrected chi connectivity index (χ2v) is 3.47. The summed E-state index contributed by atoms with van der Waals surface area (Å²) in [5.74, 6) is -0.0982. The molecule has 0 aromatic carbocycles. The number of unbranched alkanes of at least 4 members (excludes halogenated alkanes) is 1. The Morgan fingerprint density at radius 1 is 1.31 bits per heavy atom. The number of rotatable bonds is 7. The quantitative estimate of drug-likeness (QED) is 0.566. The van der Waals surface area contributed by atoms with Crippen molar-refractivity contribution >= 4 is 6.29 Å². The van der Waals surface area contributed by atoms with Gasteiger partial charge in [0.15, 0.2) is 0 Å². The van der Waals surface area contributed by atoms with Crippen LogP contribution in [0.5, 0.6) is 0 Å². The average molecular weight is 181 g/mol. The van der Waals surface area contributed by atoms with Crippen LogP contribution in [0.25, 0.3) is 0 Å². The van der Waals surface area contributed by atoms with Gasteiger partial charge in [0.2, 0.25) is 0 Å². The molecular weight excluding hydrogens is 162 g/mol. The maximum absolute atomic E-state index is 10.7. The van der Waals surface area contributed by atoms with E-state index in [0.717, 1.165) is 38.4 Å². The second-order valence-electron chi connectivity index (χ2n) is 3.47. The lowest BCUT2D eigenvalue weighted by molar-refractivity contribution is -0.112. The number of aldehydes is 1. The van der Waals surface area contributed by atoms with Gasteiger partial charge >= 0.3 is 0 Å². The van der Waals surface area contributed by atoms with E-state index >= 15 is 0 Å². The van der Waals surface area contributed by atoms with Crippen molar-refractivity contribution in [2.24, 2.45) is 11.8 Å². The highest BCUT2D eigenvalue weighted by Gasteiger charge is 2.18. The highest BCUT2D eigenvalue weighted by atomic mass is 16.1. The molecule has 2 nitrogen and oxygen atoms in total. The number of hydrogen-bond acceptors (Lipinski definition) is 2. The number of hydrogen-bond donors (Lipinski definition) is 0. The highest BCUT2D eigenvalue weighted by molar-refractivity contribution is 5.54. The van der Waals surface area contributed by atoms with Gasteiger partial charge in [-0.15, -0.1) is 0 Å². The predicted octanol–water partition coefficient (Wildman–Crippen LogP) is 2.93. The van der Waals surface area contributed by atoms with Crippen LogP contribution in [0.1, 0.15) is 46.0 Å². The van der Waals surface area contributed by atoms with Crippen LogP contribution in [0.15, 0.2) is 0 Å². The molecule has 0 aromatic heterocycles. The average Bonchev–Trinajstić information content (AvgIpc) is 2.17. The molecule has 13 heavy (non-hydrogen) atoms. The first kappa shape index (κ1) is 12.2. The van der Waals surface area contributed by atoms with Crippen molar-refractivity contribution in [2.45, 2.75) is 46.0 Å². The Kier molecular flexibility index (Phi) is 7.29. The molecule has 74 valence electrons. The first-order valence-electron chi connectivity index (χ1n) is 5.15. The van der Waals surface area contributed by atoms with Gasteiger partial charge in [-0.25, -0.2) is 0 Å². The van der Waals surface area contributed by atoms with Crippen molar-refractivity contribution in [3.63, 3.8) is 0 Å². The topological polar surface area (TPSA) is 40.9 Å². The monoisotopic (exact) mass is 181 g/mol. The number of nitriles is 1. The summed E-state index contributed by atoms with van der Waals surface area (Å²) >= 11 is 0. The molecular formula is C11H19NO.